The van der Waals surface area contributed by atoms with Crippen molar-refractivity contribution >= 4 is 17.6 Å². The highest BCUT2D eigenvalue weighted by molar-refractivity contribution is 5.92. The summed E-state index contributed by atoms with van der Waals surface area (Å²) in [4.78, 5) is 22.8. The van der Waals surface area contributed by atoms with Crippen LogP contribution in [0.2, 0.25) is 0 Å². The first-order valence-electron chi connectivity index (χ1n) is 6.80. The summed E-state index contributed by atoms with van der Waals surface area (Å²) in [6.45, 7) is 0.385. The third kappa shape index (κ3) is 6.87. The second-order valence-electron chi connectivity index (χ2n) is 4.49. The molecule has 0 atom stereocenters. The Bertz CT molecular complexity index is 641. The van der Waals surface area contributed by atoms with Crippen molar-refractivity contribution in [3.63, 3.8) is 0 Å². The molecule has 0 aliphatic heterocycles. The minimum atomic E-state index is -4.53. The fourth-order valence-electron chi connectivity index (χ4n) is 1.58. The van der Waals surface area contributed by atoms with E-state index in [9.17, 15) is 22.8 Å². The Morgan fingerprint density at radius 2 is 2.00 bits per heavy atom. The van der Waals surface area contributed by atoms with Crippen LogP contribution in [-0.2, 0) is 4.79 Å². The molecule has 0 aliphatic rings. The summed E-state index contributed by atoms with van der Waals surface area (Å²) in [5.74, 6) is -0.621. The number of nitriles is 1. The van der Waals surface area contributed by atoms with Gasteiger partial charge in [0, 0.05) is 12.2 Å². The Kier molecular flexibility index (Phi) is 6.85. The predicted molar refractivity (Wildman–Crippen MR) is 78.4 cm³/mol. The number of benzene rings is 1. The molecule has 1 aromatic carbocycles. The number of halogens is 3. The first-order chi connectivity index (χ1) is 11.2. The van der Waals surface area contributed by atoms with Crippen molar-refractivity contribution in [1.82, 2.24) is 10.6 Å². The van der Waals surface area contributed by atoms with Crippen LogP contribution in [-0.4, -0.2) is 37.8 Å². The zero-order valence-corrected chi connectivity index (χ0v) is 12.7. The molecule has 3 amide bonds. The van der Waals surface area contributed by atoms with Crippen LogP contribution in [0.25, 0.3) is 0 Å². The lowest BCUT2D eigenvalue weighted by Gasteiger charge is -2.12. The topological polar surface area (TPSA) is 103 Å². The SMILES string of the molecule is CCNC(=O)CNC(=O)Nc1ccc(OCC(F)(F)F)c(C#N)c1. The first kappa shape index (κ1) is 19.1. The number of nitrogens with zero attached hydrogens (tertiary/aromatic N) is 1. The number of alkyl halides is 3. The van der Waals surface area contributed by atoms with Gasteiger partial charge in [0.2, 0.25) is 5.91 Å². The number of urea groups is 1. The fraction of sp³-hybridized carbons (Fsp3) is 0.357. The number of nitrogens with one attached hydrogen (secondary N) is 3. The summed E-state index contributed by atoms with van der Waals surface area (Å²) in [6, 6.07) is 4.57. The number of hydrogen-bond acceptors (Lipinski definition) is 4. The quantitative estimate of drug-likeness (QED) is 0.731. The van der Waals surface area contributed by atoms with Crippen LogP contribution >= 0.6 is 0 Å². The standard InChI is InChI=1S/C14H15F3N4O3/c1-2-19-12(22)7-20-13(23)21-10-3-4-11(9(5-10)6-18)24-8-14(15,16)17/h3-5H,2,7-8H2,1H3,(H,19,22)(H2,20,21,23). The van der Waals surface area contributed by atoms with E-state index in [1.807, 2.05) is 0 Å². The van der Waals surface area contributed by atoms with E-state index in [4.69, 9.17) is 5.26 Å². The number of rotatable bonds is 6. The van der Waals surface area contributed by atoms with Crippen molar-refractivity contribution in [2.24, 2.45) is 0 Å². The minimum absolute atomic E-state index is 0.166. The highest BCUT2D eigenvalue weighted by Gasteiger charge is 2.28. The summed E-state index contributed by atoms with van der Waals surface area (Å²) >= 11 is 0. The third-order valence-electron chi connectivity index (χ3n) is 2.53. The number of likely N-dealkylation sites (N-methyl/N-ethyl adjacent to an activating group) is 1. The molecular formula is C14H15F3N4O3. The maximum Gasteiger partial charge on any atom is 0.422 e. The molecule has 7 nitrogen and oxygen atoms in total. The van der Waals surface area contributed by atoms with Crippen LogP contribution in [0, 0.1) is 11.3 Å². The molecule has 0 bridgehead atoms. The van der Waals surface area contributed by atoms with Crippen molar-refractivity contribution < 1.29 is 27.5 Å². The number of amides is 3. The van der Waals surface area contributed by atoms with Crippen molar-refractivity contribution in [3.05, 3.63) is 23.8 Å². The van der Waals surface area contributed by atoms with Gasteiger partial charge in [-0.25, -0.2) is 4.79 Å². The predicted octanol–water partition coefficient (Wildman–Crippen LogP) is 1.76. The van der Waals surface area contributed by atoms with Crippen LogP contribution in [0.1, 0.15) is 12.5 Å². The molecule has 0 saturated carbocycles. The largest absolute Gasteiger partial charge is 0.483 e. The number of ether oxygens (including phenoxy) is 1. The van der Waals surface area contributed by atoms with Gasteiger partial charge in [-0.1, -0.05) is 0 Å². The van der Waals surface area contributed by atoms with Gasteiger partial charge in [-0.05, 0) is 25.1 Å². The van der Waals surface area contributed by atoms with E-state index >= 15 is 0 Å². The lowest BCUT2D eigenvalue weighted by molar-refractivity contribution is -0.153. The van der Waals surface area contributed by atoms with E-state index in [1.165, 1.54) is 6.07 Å². The van der Waals surface area contributed by atoms with Gasteiger partial charge in [0.15, 0.2) is 6.61 Å². The van der Waals surface area contributed by atoms with E-state index in [0.29, 0.717) is 6.54 Å². The number of anilines is 1. The lowest BCUT2D eigenvalue weighted by atomic mass is 10.2. The number of carbonyl (C=O) groups excluding carboxylic acids is 2. The lowest BCUT2D eigenvalue weighted by Crippen LogP contribution is -2.38. The second kappa shape index (κ2) is 8.61. The third-order valence-corrected chi connectivity index (χ3v) is 2.53. The van der Waals surface area contributed by atoms with Crippen LogP contribution in [0.15, 0.2) is 18.2 Å². The van der Waals surface area contributed by atoms with Gasteiger partial charge < -0.3 is 20.7 Å². The molecule has 0 heterocycles. The average molecular weight is 344 g/mol. The molecule has 0 radical (unpaired) electrons. The van der Waals surface area contributed by atoms with Gasteiger partial charge in [0.25, 0.3) is 0 Å². The number of carbonyl (C=O) groups is 2. The summed E-state index contributed by atoms with van der Waals surface area (Å²) in [6.07, 6.45) is -4.53. The number of hydrogen-bond donors (Lipinski definition) is 3. The Balaban J connectivity index is 2.65. The molecule has 24 heavy (non-hydrogen) atoms. The Morgan fingerprint density at radius 3 is 2.58 bits per heavy atom. The second-order valence-corrected chi connectivity index (χ2v) is 4.49. The zero-order chi connectivity index (χ0) is 18.2. The van der Waals surface area contributed by atoms with Gasteiger partial charge in [-0.2, -0.15) is 18.4 Å². The molecular weight excluding hydrogens is 329 g/mol. The Labute approximate surface area is 135 Å². The molecule has 10 heteroatoms. The molecule has 130 valence electrons. The van der Waals surface area contributed by atoms with Crippen LogP contribution < -0.4 is 20.7 Å². The van der Waals surface area contributed by atoms with Crippen LogP contribution in [0.4, 0.5) is 23.7 Å². The molecule has 0 saturated heterocycles. The fourth-order valence-corrected chi connectivity index (χ4v) is 1.58. The molecule has 0 spiro atoms. The average Bonchev–Trinajstić information content (AvgIpc) is 2.51. The smallest absolute Gasteiger partial charge is 0.422 e. The van der Waals surface area contributed by atoms with E-state index in [2.05, 4.69) is 20.7 Å². The molecule has 3 N–H and O–H groups in total. The molecule has 0 fully saturated rings. The maximum atomic E-state index is 12.1. The normalized spacial score (nSPS) is 10.5. The molecule has 0 aromatic heterocycles. The Hall–Kier alpha value is -2.96. The van der Waals surface area contributed by atoms with Crippen LogP contribution in [0.3, 0.4) is 0 Å². The van der Waals surface area contributed by atoms with E-state index < -0.39 is 18.8 Å². The zero-order valence-electron chi connectivity index (χ0n) is 12.7. The summed E-state index contributed by atoms with van der Waals surface area (Å²) in [5.41, 5.74) is 0.0000782. The van der Waals surface area contributed by atoms with Gasteiger partial charge in [0.1, 0.15) is 11.8 Å². The van der Waals surface area contributed by atoms with Gasteiger partial charge >= 0.3 is 12.2 Å². The van der Waals surface area contributed by atoms with E-state index in [1.54, 1.807) is 13.0 Å². The molecule has 0 aliphatic carbocycles. The first-order valence-corrected chi connectivity index (χ1v) is 6.80. The highest BCUT2D eigenvalue weighted by Crippen LogP contribution is 2.24. The van der Waals surface area contributed by atoms with Crippen molar-refractivity contribution in [1.29, 1.82) is 5.26 Å². The van der Waals surface area contributed by atoms with Crippen molar-refractivity contribution in [2.45, 2.75) is 13.1 Å². The monoisotopic (exact) mass is 344 g/mol. The van der Waals surface area contributed by atoms with Gasteiger partial charge in [-0.15, -0.1) is 0 Å². The molecule has 1 rings (SSSR count). The van der Waals surface area contributed by atoms with E-state index in [-0.39, 0.29) is 29.5 Å². The minimum Gasteiger partial charge on any atom is -0.483 e. The molecule has 1 aromatic rings. The maximum absolute atomic E-state index is 12.1. The van der Waals surface area contributed by atoms with E-state index in [0.717, 1.165) is 12.1 Å². The van der Waals surface area contributed by atoms with Crippen LogP contribution in [0.5, 0.6) is 5.75 Å². The van der Waals surface area contributed by atoms with Gasteiger partial charge in [-0.3, -0.25) is 4.79 Å². The molecule has 0 unspecified atom stereocenters. The van der Waals surface area contributed by atoms with Crippen molar-refractivity contribution in [3.8, 4) is 11.8 Å². The van der Waals surface area contributed by atoms with Gasteiger partial charge in [0.05, 0.1) is 12.1 Å². The summed E-state index contributed by atoms with van der Waals surface area (Å²) in [5, 5.41) is 16.1. The summed E-state index contributed by atoms with van der Waals surface area (Å²) in [7, 11) is 0. The Morgan fingerprint density at radius 1 is 1.29 bits per heavy atom. The highest BCUT2D eigenvalue weighted by atomic mass is 19.4. The van der Waals surface area contributed by atoms with Crippen molar-refractivity contribution in [2.75, 3.05) is 25.0 Å². The summed E-state index contributed by atoms with van der Waals surface area (Å²) < 4.78 is 40.9.